The molecule has 0 unspecified atom stereocenters. The second kappa shape index (κ2) is 6.23. The highest BCUT2D eigenvalue weighted by molar-refractivity contribution is 7.15. The molecular formula is C13H16ClN5O2S. The number of amides is 2. The molecule has 9 heteroatoms. The van der Waals surface area contributed by atoms with Gasteiger partial charge in [-0.05, 0) is 11.4 Å². The standard InChI is InChI=1S/C13H16ClN5O2S/c1-18-7-15-17-12(18)10-5-8(21-2)6-19(10)13(20)16-9-3-4-22-11(9)14/h3-4,7-8,10H,5-6H2,1-2H3,(H,16,20)/t8-,10+/m1/s1. The number of urea groups is 1. The third kappa shape index (κ3) is 2.81. The molecule has 0 aliphatic carbocycles. The first-order chi connectivity index (χ1) is 10.6. The van der Waals surface area contributed by atoms with E-state index in [-0.39, 0.29) is 18.2 Å². The van der Waals surface area contributed by atoms with Gasteiger partial charge in [0.15, 0.2) is 5.82 Å². The fourth-order valence-electron chi connectivity index (χ4n) is 2.60. The highest BCUT2D eigenvalue weighted by Crippen LogP contribution is 2.34. The molecule has 0 radical (unpaired) electrons. The third-order valence-electron chi connectivity index (χ3n) is 3.76. The quantitative estimate of drug-likeness (QED) is 0.931. The Morgan fingerprint density at radius 3 is 3.00 bits per heavy atom. The van der Waals surface area contributed by atoms with E-state index in [0.29, 0.717) is 23.0 Å². The van der Waals surface area contributed by atoms with E-state index in [1.807, 2.05) is 17.0 Å². The summed E-state index contributed by atoms with van der Waals surface area (Å²) >= 11 is 7.42. The second-order valence-corrected chi connectivity index (χ2v) is 6.62. The molecule has 22 heavy (non-hydrogen) atoms. The predicted octanol–water partition coefficient (Wildman–Crippen LogP) is 2.52. The smallest absolute Gasteiger partial charge is 0.322 e. The van der Waals surface area contributed by atoms with Crippen molar-refractivity contribution < 1.29 is 9.53 Å². The largest absolute Gasteiger partial charge is 0.380 e. The molecule has 2 amide bonds. The first-order valence-corrected chi connectivity index (χ1v) is 8.03. The number of aromatic nitrogens is 3. The summed E-state index contributed by atoms with van der Waals surface area (Å²) in [5.41, 5.74) is 0.620. The zero-order chi connectivity index (χ0) is 15.7. The van der Waals surface area contributed by atoms with Gasteiger partial charge in [0.05, 0.1) is 17.8 Å². The van der Waals surface area contributed by atoms with Crippen LogP contribution < -0.4 is 5.32 Å². The number of methoxy groups -OCH3 is 1. The lowest BCUT2D eigenvalue weighted by Gasteiger charge is -2.23. The normalized spacial score (nSPS) is 21.3. The van der Waals surface area contributed by atoms with Crippen LogP contribution in [-0.4, -0.2) is 45.5 Å². The number of aryl methyl sites for hydroxylation is 1. The van der Waals surface area contributed by atoms with Gasteiger partial charge < -0.3 is 19.5 Å². The Labute approximate surface area is 136 Å². The number of carbonyl (C=O) groups excluding carboxylic acids is 1. The van der Waals surface area contributed by atoms with Crippen LogP contribution in [0.15, 0.2) is 17.8 Å². The van der Waals surface area contributed by atoms with Crippen LogP contribution in [0.5, 0.6) is 0 Å². The molecule has 2 aromatic heterocycles. The molecule has 118 valence electrons. The van der Waals surface area contributed by atoms with E-state index in [0.717, 1.165) is 5.82 Å². The molecule has 7 nitrogen and oxygen atoms in total. The summed E-state index contributed by atoms with van der Waals surface area (Å²) in [5, 5.41) is 12.7. The average Bonchev–Trinajstić information content (AvgIpc) is 3.19. The van der Waals surface area contributed by atoms with Gasteiger partial charge in [0, 0.05) is 27.1 Å². The minimum absolute atomic E-state index is 0.0228. The summed E-state index contributed by atoms with van der Waals surface area (Å²) in [6.07, 6.45) is 2.29. The summed E-state index contributed by atoms with van der Waals surface area (Å²) < 4.78 is 7.80. The number of hydrogen-bond donors (Lipinski definition) is 1. The van der Waals surface area contributed by atoms with E-state index < -0.39 is 0 Å². The Kier molecular flexibility index (Phi) is 4.32. The van der Waals surface area contributed by atoms with Gasteiger partial charge in [-0.2, -0.15) is 0 Å². The Morgan fingerprint density at radius 2 is 2.41 bits per heavy atom. The fraction of sp³-hybridized carbons (Fsp3) is 0.462. The van der Waals surface area contributed by atoms with Crippen molar-refractivity contribution in [3.05, 3.63) is 27.9 Å². The van der Waals surface area contributed by atoms with Crippen LogP contribution in [-0.2, 0) is 11.8 Å². The van der Waals surface area contributed by atoms with E-state index in [9.17, 15) is 4.79 Å². The van der Waals surface area contributed by atoms with Crippen molar-refractivity contribution in [2.45, 2.75) is 18.6 Å². The van der Waals surface area contributed by atoms with Crippen molar-refractivity contribution in [3.63, 3.8) is 0 Å². The number of thiophene rings is 1. The number of anilines is 1. The Bertz CT molecular complexity index is 673. The maximum Gasteiger partial charge on any atom is 0.322 e. The van der Waals surface area contributed by atoms with E-state index in [1.54, 1.807) is 24.4 Å². The minimum atomic E-state index is -0.215. The average molecular weight is 342 g/mol. The molecule has 0 spiro atoms. The summed E-state index contributed by atoms with van der Waals surface area (Å²) in [7, 11) is 3.51. The Morgan fingerprint density at radius 1 is 1.59 bits per heavy atom. The monoisotopic (exact) mass is 341 g/mol. The number of ether oxygens (including phenoxy) is 1. The first-order valence-electron chi connectivity index (χ1n) is 6.77. The van der Waals surface area contributed by atoms with Gasteiger partial charge in [0.25, 0.3) is 0 Å². The van der Waals surface area contributed by atoms with Crippen molar-refractivity contribution in [3.8, 4) is 0 Å². The maximum atomic E-state index is 12.6. The number of rotatable bonds is 3. The lowest BCUT2D eigenvalue weighted by molar-refractivity contribution is 0.111. The number of carbonyl (C=O) groups is 1. The molecule has 3 rings (SSSR count). The van der Waals surface area contributed by atoms with Crippen molar-refractivity contribution in [2.75, 3.05) is 19.0 Å². The van der Waals surface area contributed by atoms with Crippen LogP contribution in [0.4, 0.5) is 10.5 Å². The van der Waals surface area contributed by atoms with Gasteiger partial charge in [0.1, 0.15) is 10.7 Å². The summed E-state index contributed by atoms with van der Waals surface area (Å²) in [5.74, 6) is 0.742. The van der Waals surface area contributed by atoms with Crippen LogP contribution in [0, 0.1) is 0 Å². The molecular weight excluding hydrogens is 326 g/mol. The lowest BCUT2D eigenvalue weighted by atomic mass is 10.2. The van der Waals surface area contributed by atoms with Crippen molar-refractivity contribution in [2.24, 2.45) is 7.05 Å². The van der Waals surface area contributed by atoms with Crippen molar-refractivity contribution in [1.82, 2.24) is 19.7 Å². The molecule has 0 bridgehead atoms. The molecule has 0 aromatic carbocycles. The van der Waals surface area contributed by atoms with Gasteiger partial charge in [-0.3, -0.25) is 0 Å². The summed E-state index contributed by atoms with van der Waals surface area (Å²) in [4.78, 5) is 14.3. The maximum absolute atomic E-state index is 12.6. The zero-order valence-corrected chi connectivity index (χ0v) is 13.8. The van der Waals surface area contributed by atoms with Crippen LogP contribution >= 0.6 is 22.9 Å². The van der Waals surface area contributed by atoms with Gasteiger partial charge in [-0.25, -0.2) is 4.79 Å². The van der Waals surface area contributed by atoms with Crippen LogP contribution in [0.2, 0.25) is 4.34 Å². The van der Waals surface area contributed by atoms with Gasteiger partial charge in [-0.1, -0.05) is 11.6 Å². The zero-order valence-electron chi connectivity index (χ0n) is 12.2. The minimum Gasteiger partial charge on any atom is -0.380 e. The summed E-state index contributed by atoms with van der Waals surface area (Å²) in [6, 6.07) is 1.40. The molecule has 1 N–H and O–H groups in total. The molecule has 1 saturated heterocycles. The predicted molar refractivity (Wildman–Crippen MR) is 84.2 cm³/mol. The highest BCUT2D eigenvalue weighted by atomic mass is 35.5. The number of halogens is 1. The Hall–Kier alpha value is -1.64. The Balaban J connectivity index is 1.81. The van der Waals surface area contributed by atoms with E-state index in [2.05, 4.69) is 15.5 Å². The molecule has 3 heterocycles. The van der Waals surface area contributed by atoms with E-state index in [1.165, 1.54) is 11.3 Å². The number of likely N-dealkylation sites (tertiary alicyclic amines) is 1. The topological polar surface area (TPSA) is 72.3 Å². The first kappa shape index (κ1) is 15.3. The van der Waals surface area contributed by atoms with Crippen molar-refractivity contribution in [1.29, 1.82) is 0 Å². The lowest BCUT2D eigenvalue weighted by Crippen LogP contribution is -2.36. The van der Waals surface area contributed by atoms with Crippen LogP contribution in [0.25, 0.3) is 0 Å². The molecule has 2 aromatic rings. The SMILES string of the molecule is CO[C@@H]1C[C@@H](c2nncn2C)N(C(=O)Nc2ccsc2Cl)C1. The molecule has 2 atom stereocenters. The number of hydrogen-bond acceptors (Lipinski definition) is 5. The number of nitrogens with zero attached hydrogens (tertiary/aromatic N) is 4. The van der Waals surface area contributed by atoms with Gasteiger partial charge in [0.2, 0.25) is 0 Å². The fourth-order valence-corrected chi connectivity index (χ4v) is 3.43. The summed E-state index contributed by atoms with van der Waals surface area (Å²) in [6.45, 7) is 0.502. The molecule has 1 aliphatic rings. The number of nitrogens with one attached hydrogen (secondary N) is 1. The molecule has 0 saturated carbocycles. The van der Waals surface area contributed by atoms with E-state index >= 15 is 0 Å². The molecule has 1 aliphatic heterocycles. The highest BCUT2D eigenvalue weighted by Gasteiger charge is 2.39. The van der Waals surface area contributed by atoms with Gasteiger partial charge in [-0.15, -0.1) is 21.5 Å². The van der Waals surface area contributed by atoms with Crippen LogP contribution in [0.3, 0.4) is 0 Å². The van der Waals surface area contributed by atoms with Crippen LogP contribution in [0.1, 0.15) is 18.3 Å². The second-order valence-electron chi connectivity index (χ2n) is 5.10. The molecule has 1 fully saturated rings. The third-order valence-corrected chi connectivity index (χ3v) is 4.93. The van der Waals surface area contributed by atoms with E-state index in [4.69, 9.17) is 16.3 Å². The van der Waals surface area contributed by atoms with Gasteiger partial charge >= 0.3 is 6.03 Å². The van der Waals surface area contributed by atoms with Crippen molar-refractivity contribution >= 4 is 34.7 Å².